The molecule has 2 unspecified atom stereocenters. The van der Waals surface area contributed by atoms with Gasteiger partial charge in [0.15, 0.2) is 0 Å². The Balaban J connectivity index is 1.98. The molecule has 4 aromatic rings. The van der Waals surface area contributed by atoms with Gasteiger partial charge >= 0.3 is 0 Å². The van der Waals surface area contributed by atoms with Gasteiger partial charge in [-0.05, 0) is 69.0 Å². The van der Waals surface area contributed by atoms with Crippen LogP contribution < -0.4 is 4.74 Å². The van der Waals surface area contributed by atoms with Crippen LogP contribution in [0.3, 0.4) is 0 Å². The van der Waals surface area contributed by atoms with E-state index in [-0.39, 0.29) is 0 Å². The zero-order valence-electron chi connectivity index (χ0n) is 18.3. The lowest BCUT2D eigenvalue weighted by atomic mass is 9.75. The van der Waals surface area contributed by atoms with Gasteiger partial charge in [0.2, 0.25) is 5.88 Å². The maximum absolute atomic E-state index is 12.3. The average Bonchev–Trinajstić information content (AvgIpc) is 3.32. The maximum Gasteiger partial charge on any atom is 0.217 e. The second-order valence-corrected chi connectivity index (χ2v) is 8.98. The highest BCUT2D eigenvalue weighted by molar-refractivity contribution is 9.10. The lowest BCUT2D eigenvalue weighted by Crippen LogP contribution is -2.38. The number of hydrogen-bond acceptors (Lipinski definition) is 6. The Labute approximate surface area is 196 Å². The summed E-state index contributed by atoms with van der Waals surface area (Å²) in [6, 6.07) is 17.2. The Morgan fingerprint density at radius 2 is 2.00 bits per heavy atom. The third kappa shape index (κ3) is 4.41. The number of hydrogen-bond donors (Lipinski definition) is 1. The molecule has 32 heavy (non-hydrogen) atoms. The molecular formula is C25H26BrN3O3. The van der Waals surface area contributed by atoms with Crippen LogP contribution in [0.2, 0.25) is 0 Å². The van der Waals surface area contributed by atoms with Crippen molar-refractivity contribution < 1.29 is 14.3 Å². The van der Waals surface area contributed by atoms with Gasteiger partial charge in [0.25, 0.3) is 0 Å². The summed E-state index contributed by atoms with van der Waals surface area (Å²) in [6.45, 7) is 0.652. The van der Waals surface area contributed by atoms with Crippen LogP contribution in [0.5, 0.6) is 5.88 Å². The number of nitrogens with zero attached hydrogens (tertiary/aromatic N) is 3. The van der Waals surface area contributed by atoms with E-state index in [0.717, 1.165) is 20.9 Å². The molecule has 0 spiro atoms. The zero-order chi connectivity index (χ0) is 22.7. The quantitative estimate of drug-likeness (QED) is 0.372. The predicted molar refractivity (Wildman–Crippen MR) is 128 cm³/mol. The van der Waals surface area contributed by atoms with Crippen molar-refractivity contribution in [3.05, 3.63) is 88.5 Å². The first kappa shape index (κ1) is 22.5. The van der Waals surface area contributed by atoms with Crippen molar-refractivity contribution in [3.63, 3.8) is 0 Å². The Morgan fingerprint density at radius 1 is 1.16 bits per heavy atom. The summed E-state index contributed by atoms with van der Waals surface area (Å²) in [6.07, 6.45) is 3.74. The van der Waals surface area contributed by atoms with Crippen molar-refractivity contribution in [2.45, 2.75) is 17.9 Å². The van der Waals surface area contributed by atoms with Crippen molar-refractivity contribution >= 4 is 26.8 Å². The van der Waals surface area contributed by atoms with E-state index in [1.807, 2.05) is 73.6 Å². The van der Waals surface area contributed by atoms with Crippen molar-refractivity contribution in [3.8, 4) is 5.88 Å². The number of methoxy groups -OCH3 is 1. The first-order valence-corrected chi connectivity index (χ1v) is 11.2. The monoisotopic (exact) mass is 495 g/mol. The molecular weight excluding hydrogens is 470 g/mol. The van der Waals surface area contributed by atoms with Crippen LogP contribution in [0.4, 0.5) is 0 Å². The minimum Gasteiger partial charge on any atom is -0.481 e. The van der Waals surface area contributed by atoms with Gasteiger partial charge in [0, 0.05) is 28.2 Å². The largest absolute Gasteiger partial charge is 0.481 e. The molecule has 7 heteroatoms. The Bertz CT molecular complexity index is 1180. The molecule has 3 heterocycles. The molecule has 0 aliphatic carbocycles. The van der Waals surface area contributed by atoms with E-state index < -0.39 is 11.5 Å². The molecule has 0 bridgehead atoms. The van der Waals surface area contributed by atoms with Gasteiger partial charge in [-0.2, -0.15) is 0 Å². The number of ether oxygens (including phenoxy) is 1. The number of halogens is 1. The third-order valence-corrected chi connectivity index (χ3v) is 6.12. The molecule has 6 nitrogen and oxygen atoms in total. The Kier molecular flexibility index (Phi) is 6.60. The van der Waals surface area contributed by atoms with Crippen molar-refractivity contribution in [2.24, 2.45) is 0 Å². The molecule has 0 aliphatic heterocycles. The van der Waals surface area contributed by atoms with Gasteiger partial charge in [-0.15, -0.1) is 0 Å². The fraction of sp³-hybridized carbons (Fsp3) is 0.280. The summed E-state index contributed by atoms with van der Waals surface area (Å²) < 4.78 is 12.5. The molecule has 0 radical (unpaired) electrons. The van der Waals surface area contributed by atoms with Gasteiger partial charge in [-0.25, -0.2) is 4.98 Å². The van der Waals surface area contributed by atoms with E-state index in [0.29, 0.717) is 30.3 Å². The lowest BCUT2D eigenvalue weighted by molar-refractivity contribution is -0.00562. The van der Waals surface area contributed by atoms with Crippen LogP contribution in [0.15, 0.2) is 75.9 Å². The summed E-state index contributed by atoms with van der Waals surface area (Å²) in [4.78, 5) is 11.3. The molecule has 1 N–H and O–H groups in total. The van der Waals surface area contributed by atoms with Gasteiger partial charge in [0.1, 0.15) is 11.4 Å². The van der Waals surface area contributed by atoms with Gasteiger partial charge < -0.3 is 19.2 Å². The molecule has 0 fully saturated rings. The number of furan rings is 1. The van der Waals surface area contributed by atoms with Crippen LogP contribution in [0.25, 0.3) is 10.9 Å². The summed E-state index contributed by atoms with van der Waals surface area (Å²) in [7, 11) is 5.56. The standard InChI is InChI=1S/C25H26BrN3O3/c1-29(2)13-11-25(30,22-8-4-5-12-27-22)23(21-7-6-14-32-21)19-16-17-15-18(26)9-10-20(17)28-24(19)31-3/h4-10,12,14-16,23,30H,11,13H2,1-3H3. The van der Waals surface area contributed by atoms with Crippen molar-refractivity contribution in [2.75, 3.05) is 27.7 Å². The number of pyridine rings is 2. The Morgan fingerprint density at radius 3 is 2.66 bits per heavy atom. The number of rotatable bonds is 8. The van der Waals surface area contributed by atoms with Gasteiger partial charge in [0.05, 0.1) is 30.5 Å². The minimum absolute atomic E-state index is 0.433. The average molecular weight is 496 g/mol. The summed E-state index contributed by atoms with van der Waals surface area (Å²) >= 11 is 3.54. The van der Waals surface area contributed by atoms with Gasteiger partial charge in [-0.3, -0.25) is 4.98 Å². The fourth-order valence-corrected chi connectivity index (χ4v) is 4.43. The van der Waals surface area contributed by atoms with Crippen LogP contribution in [0, 0.1) is 0 Å². The van der Waals surface area contributed by atoms with Crippen molar-refractivity contribution in [1.82, 2.24) is 14.9 Å². The molecule has 3 aromatic heterocycles. The SMILES string of the molecule is COc1nc2ccc(Br)cc2cc1C(c1ccco1)C(O)(CCN(C)C)c1ccccn1. The molecule has 0 saturated carbocycles. The molecule has 0 amide bonds. The molecule has 166 valence electrons. The molecule has 0 aliphatic rings. The molecule has 4 rings (SSSR count). The van der Waals surface area contributed by atoms with Gasteiger partial charge in [-0.1, -0.05) is 22.0 Å². The van der Waals surface area contributed by atoms with Crippen LogP contribution >= 0.6 is 15.9 Å². The normalized spacial score (nSPS) is 14.4. The zero-order valence-corrected chi connectivity index (χ0v) is 19.9. The topological polar surface area (TPSA) is 71.6 Å². The fourth-order valence-electron chi connectivity index (χ4n) is 4.05. The molecule has 2 atom stereocenters. The second kappa shape index (κ2) is 9.40. The minimum atomic E-state index is -1.36. The Hall–Kier alpha value is -2.74. The van der Waals surface area contributed by atoms with Crippen LogP contribution in [0.1, 0.15) is 29.4 Å². The second-order valence-electron chi connectivity index (χ2n) is 8.06. The summed E-state index contributed by atoms with van der Waals surface area (Å²) in [5.41, 5.74) is 0.749. The van der Waals surface area contributed by atoms with E-state index in [4.69, 9.17) is 14.1 Å². The first-order chi connectivity index (χ1) is 15.4. The first-order valence-electron chi connectivity index (χ1n) is 10.4. The highest BCUT2D eigenvalue weighted by Gasteiger charge is 2.45. The van der Waals surface area contributed by atoms with Crippen LogP contribution in [-0.2, 0) is 5.60 Å². The highest BCUT2D eigenvalue weighted by Crippen LogP contribution is 2.47. The smallest absolute Gasteiger partial charge is 0.217 e. The number of aromatic nitrogens is 2. The van der Waals surface area contributed by atoms with E-state index >= 15 is 0 Å². The molecule has 0 saturated heterocycles. The van der Waals surface area contributed by atoms with E-state index in [9.17, 15) is 5.11 Å². The van der Waals surface area contributed by atoms with E-state index in [1.54, 1.807) is 19.6 Å². The number of fused-ring (bicyclic) bond motifs is 1. The summed E-state index contributed by atoms with van der Waals surface area (Å²) in [5, 5.41) is 13.3. The van der Waals surface area contributed by atoms with E-state index in [1.165, 1.54) is 0 Å². The molecule has 1 aromatic carbocycles. The predicted octanol–water partition coefficient (Wildman–Crippen LogP) is 4.97. The highest BCUT2D eigenvalue weighted by atomic mass is 79.9. The number of aliphatic hydroxyl groups is 1. The third-order valence-electron chi connectivity index (χ3n) is 5.63. The maximum atomic E-state index is 12.3. The number of benzene rings is 1. The summed E-state index contributed by atoms with van der Waals surface area (Å²) in [5.74, 6) is 0.477. The van der Waals surface area contributed by atoms with Crippen molar-refractivity contribution in [1.29, 1.82) is 0 Å². The van der Waals surface area contributed by atoms with E-state index in [2.05, 4.69) is 20.9 Å². The lowest BCUT2D eigenvalue weighted by Gasteiger charge is -2.36. The van der Waals surface area contributed by atoms with Crippen LogP contribution in [-0.4, -0.2) is 47.7 Å².